The van der Waals surface area contributed by atoms with E-state index in [9.17, 15) is 0 Å². The fraction of sp³-hybridized carbons (Fsp3) is 0.375. The second kappa shape index (κ2) is 3.49. The molecule has 0 spiro atoms. The van der Waals surface area contributed by atoms with Crippen molar-refractivity contribution in [3.05, 3.63) is 53.3 Å². The van der Waals surface area contributed by atoms with Gasteiger partial charge in [0.05, 0.1) is 0 Å². The molecule has 1 aliphatic heterocycles. The molecule has 0 amide bonds. The summed E-state index contributed by atoms with van der Waals surface area (Å²) in [6.07, 6.45) is 5.72. The molecule has 1 nitrogen and oxygen atoms in total. The van der Waals surface area contributed by atoms with Crippen LogP contribution in [0.2, 0.25) is 0 Å². The molecule has 1 unspecified atom stereocenters. The summed E-state index contributed by atoms with van der Waals surface area (Å²) in [4.78, 5) is 0. The van der Waals surface area contributed by atoms with Gasteiger partial charge in [-0.2, -0.15) is 0 Å². The van der Waals surface area contributed by atoms with Gasteiger partial charge in [-0.15, -0.1) is 0 Å². The van der Waals surface area contributed by atoms with Crippen molar-refractivity contribution in [3.8, 4) is 0 Å². The highest BCUT2D eigenvalue weighted by atomic mass is 14.9. The molecule has 1 aromatic rings. The Bertz CT molecular complexity index is 520. The van der Waals surface area contributed by atoms with Crippen molar-refractivity contribution in [2.45, 2.75) is 32.6 Å². The Labute approximate surface area is 103 Å². The van der Waals surface area contributed by atoms with Crippen LogP contribution in [-0.4, -0.2) is 0 Å². The van der Waals surface area contributed by atoms with Gasteiger partial charge in [-0.3, -0.25) is 0 Å². The number of benzene rings is 1. The standard InChI is InChI=1S/C16H19N/c1-11-8-9-15-13(10-11)16(2,3)12-6-4-5-7-14(12)17-15/h4-9,11,17H,10H2,1-3H3. The predicted octanol–water partition coefficient (Wildman–Crippen LogP) is 4.24. The second-order valence-electron chi connectivity index (χ2n) is 5.73. The summed E-state index contributed by atoms with van der Waals surface area (Å²) >= 11 is 0. The van der Waals surface area contributed by atoms with Gasteiger partial charge < -0.3 is 5.32 Å². The number of hydrogen-bond donors (Lipinski definition) is 1. The second-order valence-corrected chi connectivity index (χ2v) is 5.73. The van der Waals surface area contributed by atoms with E-state index >= 15 is 0 Å². The van der Waals surface area contributed by atoms with Crippen molar-refractivity contribution in [2.75, 3.05) is 5.32 Å². The summed E-state index contributed by atoms with van der Waals surface area (Å²) in [7, 11) is 0. The molecule has 0 fully saturated rings. The van der Waals surface area contributed by atoms with Crippen molar-refractivity contribution in [1.29, 1.82) is 0 Å². The van der Waals surface area contributed by atoms with Crippen molar-refractivity contribution < 1.29 is 0 Å². The molecule has 1 atom stereocenters. The van der Waals surface area contributed by atoms with Gasteiger partial charge in [-0.25, -0.2) is 0 Å². The maximum absolute atomic E-state index is 3.57. The number of fused-ring (bicyclic) bond motifs is 1. The van der Waals surface area contributed by atoms with Crippen LogP contribution < -0.4 is 5.32 Å². The third kappa shape index (κ3) is 1.53. The van der Waals surface area contributed by atoms with Crippen molar-refractivity contribution in [1.82, 2.24) is 0 Å². The van der Waals surface area contributed by atoms with Gasteiger partial charge in [0.25, 0.3) is 0 Å². The number of anilines is 1. The average Bonchev–Trinajstić information content (AvgIpc) is 2.31. The average molecular weight is 225 g/mol. The van der Waals surface area contributed by atoms with Crippen LogP contribution in [0.25, 0.3) is 0 Å². The molecule has 1 aromatic carbocycles. The molecule has 0 bridgehead atoms. The van der Waals surface area contributed by atoms with Gasteiger partial charge in [-0.1, -0.05) is 45.0 Å². The first-order chi connectivity index (χ1) is 8.09. The van der Waals surface area contributed by atoms with Crippen LogP contribution in [0.15, 0.2) is 47.7 Å². The first kappa shape index (κ1) is 10.6. The largest absolute Gasteiger partial charge is 0.355 e. The van der Waals surface area contributed by atoms with E-state index in [0.29, 0.717) is 5.92 Å². The van der Waals surface area contributed by atoms with E-state index in [2.05, 4.69) is 62.5 Å². The Balaban J connectivity index is 2.16. The van der Waals surface area contributed by atoms with Crippen LogP contribution in [-0.2, 0) is 5.41 Å². The number of rotatable bonds is 0. The van der Waals surface area contributed by atoms with Gasteiger partial charge in [0.2, 0.25) is 0 Å². The fourth-order valence-corrected chi connectivity index (χ4v) is 3.01. The summed E-state index contributed by atoms with van der Waals surface area (Å²) in [5.74, 6) is 0.653. The van der Waals surface area contributed by atoms with Crippen LogP contribution in [0.1, 0.15) is 32.8 Å². The zero-order valence-electron chi connectivity index (χ0n) is 10.7. The minimum Gasteiger partial charge on any atom is -0.355 e. The number of nitrogens with one attached hydrogen (secondary N) is 1. The molecule has 17 heavy (non-hydrogen) atoms. The summed E-state index contributed by atoms with van der Waals surface area (Å²) < 4.78 is 0. The third-order valence-corrected chi connectivity index (χ3v) is 4.07. The molecule has 3 rings (SSSR count). The van der Waals surface area contributed by atoms with Crippen LogP contribution >= 0.6 is 0 Å². The summed E-state index contributed by atoms with van der Waals surface area (Å²) in [5.41, 5.74) is 5.69. The predicted molar refractivity (Wildman–Crippen MR) is 73.0 cm³/mol. The number of allylic oxidation sites excluding steroid dienone is 3. The third-order valence-electron chi connectivity index (χ3n) is 4.07. The van der Waals surface area contributed by atoms with E-state index < -0.39 is 0 Å². The maximum atomic E-state index is 3.57. The molecule has 1 heteroatoms. The molecule has 0 aromatic heterocycles. The molecular weight excluding hydrogens is 206 g/mol. The lowest BCUT2D eigenvalue weighted by Gasteiger charge is -2.39. The SMILES string of the molecule is CC1C=CC2=C(C1)C(C)(C)c1ccccc1N2. The smallest absolute Gasteiger partial charge is 0.0425 e. The molecule has 0 radical (unpaired) electrons. The van der Waals surface area contributed by atoms with E-state index in [0.717, 1.165) is 0 Å². The zero-order valence-corrected chi connectivity index (χ0v) is 10.7. The lowest BCUT2D eigenvalue weighted by molar-refractivity contribution is 0.538. The first-order valence-corrected chi connectivity index (χ1v) is 6.37. The highest BCUT2D eigenvalue weighted by Gasteiger charge is 2.35. The molecular formula is C16H19N. The van der Waals surface area contributed by atoms with E-state index in [1.807, 2.05) is 0 Å². The number of para-hydroxylation sites is 1. The molecule has 2 aliphatic rings. The highest BCUT2D eigenvalue weighted by molar-refractivity contribution is 5.67. The quantitative estimate of drug-likeness (QED) is 0.696. The first-order valence-electron chi connectivity index (χ1n) is 6.37. The van der Waals surface area contributed by atoms with Gasteiger partial charge in [0, 0.05) is 16.8 Å². The van der Waals surface area contributed by atoms with Crippen molar-refractivity contribution in [3.63, 3.8) is 0 Å². The minimum atomic E-state index is 0.149. The molecule has 0 saturated carbocycles. The summed E-state index contributed by atoms with van der Waals surface area (Å²) in [5, 5.41) is 3.57. The van der Waals surface area contributed by atoms with E-state index in [1.54, 1.807) is 5.57 Å². The minimum absolute atomic E-state index is 0.149. The van der Waals surface area contributed by atoms with Crippen LogP contribution in [0, 0.1) is 5.92 Å². The van der Waals surface area contributed by atoms with E-state index in [1.165, 1.54) is 23.4 Å². The summed E-state index contributed by atoms with van der Waals surface area (Å²) in [6, 6.07) is 8.65. The van der Waals surface area contributed by atoms with E-state index in [-0.39, 0.29) is 5.41 Å². The lowest BCUT2D eigenvalue weighted by atomic mass is 9.70. The van der Waals surface area contributed by atoms with Gasteiger partial charge in [-0.05, 0) is 35.6 Å². The molecule has 1 aliphatic carbocycles. The van der Waals surface area contributed by atoms with Gasteiger partial charge >= 0.3 is 0 Å². The molecule has 0 saturated heterocycles. The fourth-order valence-electron chi connectivity index (χ4n) is 3.01. The van der Waals surface area contributed by atoms with Crippen LogP contribution in [0.3, 0.4) is 0 Å². The highest BCUT2D eigenvalue weighted by Crippen LogP contribution is 2.45. The monoisotopic (exact) mass is 225 g/mol. The molecule has 1 heterocycles. The van der Waals surface area contributed by atoms with Crippen molar-refractivity contribution in [2.24, 2.45) is 5.92 Å². The maximum Gasteiger partial charge on any atom is 0.0425 e. The topological polar surface area (TPSA) is 12.0 Å². The van der Waals surface area contributed by atoms with E-state index in [4.69, 9.17) is 0 Å². The molecule has 1 N–H and O–H groups in total. The molecule has 88 valence electrons. The Morgan fingerprint density at radius 1 is 1.24 bits per heavy atom. The van der Waals surface area contributed by atoms with Crippen molar-refractivity contribution >= 4 is 5.69 Å². The van der Waals surface area contributed by atoms with Gasteiger partial charge in [0.15, 0.2) is 0 Å². The zero-order chi connectivity index (χ0) is 12.0. The number of hydrogen-bond acceptors (Lipinski definition) is 1. The van der Waals surface area contributed by atoms with Crippen LogP contribution in [0.4, 0.5) is 5.69 Å². The Kier molecular flexibility index (Phi) is 2.19. The Morgan fingerprint density at radius 3 is 2.82 bits per heavy atom. The lowest BCUT2D eigenvalue weighted by Crippen LogP contribution is -2.31. The van der Waals surface area contributed by atoms with Gasteiger partial charge in [0.1, 0.15) is 0 Å². The summed E-state index contributed by atoms with van der Waals surface area (Å²) in [6.45, 7) is 6.97. The normalized spacial score (nSPS) is 25.0. The Hall–Kier alpha value is -1.50. The Morgan fingerprint density at radius 2 is 2.00 bits per heavy atom. The van der Waals surface area contributed by atoms with Crippen LogP contribution in [0.5, 0.6) is 0 Å².